The maximum absolute atomic E-state index is 11.6. The molecule has 1 aromatic heterocycles. The molecule has 0 saturated carbocycles. The van der Waals surface area contributed by atoms with Gasteiger partial charge in [-0.15, -0.1) is 5.92 Å². The summed E-state index contributed by atoms with van der Waals surface area (Å²) < 4.78 is 0.707. The van der Waals surface area contributed by atoms with Crippen LogP contribution in [0.1, 0.15) is 17.3 Å². The summed E-state index contributed by atoms with van der Waals surface area (Å²) in [6.45, 7) is 2.01. The highest BCUT2D eigenvalue weighted by Gasteiger charge is 2.10. The Hall–Kier alpha value is -1.05. The van der Waals surface area contributed by atoms with Gasteiger partial charge in [0.25, 0.3) is 5.91 Å². The maximum atomic E-state index is 11.6. The van der Waals surface area contributed by atoms with E-state index in [0.717, 1.165) is 0 Å². The number of aromatic nitrogens is 1. The van der Waals surface area contributed by atoms with Crippen LogP contribution in [-0.2, 0) is 0 Å². The number of carbonyl (C=O) groups is 1. The molecular weight excluding hydrogens is 279 g/mol. The van der Waals surface area contributed by atoms with Crippen LogP contribution in [0.3, 0.4) is 0 Å². The summed E-state index contributed by atoms with van der Waals surface area (Å²) in [6, 6.07) is 1.62. The molecule has 5 heteroatoms. The van der Waals surface area contributed by atoms with E-state index < -0.39 is 0 Å². The van der Waals surface area contributed by atoms with Crippen LogP contribution in [0.5, 0.6) is 0 Å². The predicted octanol–water partition coefficient (Wildman–Crippen LogP) is 2.25. The smallest absolute Gasteiger partial charge is 0.255 e. The van der Waals surface area contributed by atoms with E-state index in [1.54, 1.807) is 13.0 Å². The number of amides is 1. The highest BCUT2D eigenvalue weighted by atomic mass is 79.9. The number of rotatable bonds is 2. The average Bonchev–Trinajstić information content (AvgIpc) is 2.22. The molecule has 1 aromatic rings. The fourth-order valence-corrected chi connectivity index (χ4v) is 1.41. The Labute approximate surface area is 101 Å². The van der Waals surface area contributed by atoms with Crippen LogP contribution in [0.15, 0.2) is 16.7 Å². The predicted molar refractivity (Wildman–Crippen MR) is 62.7 cm³/mol. The molecule has 1 N–H and O–H groups in total. The van der Waals surface area contributed by atoms with Crippen molar-refractivity contribution in [2.24, 2.45) is 0 Å². The highest BCUT2D eigenvalue weighted by molar-refractivity contribution is 9.10. The molecule has 0 radical (unpaired) electrons. The minimum Gasteiger partial charge on any atom is -0.341 e. The zero-order valence-corrected chi connectivity index (χ0v) is 10.3. The van der Waals surface area contributed by atoms with Gasteiger partial charge in [-0.1, -0.05) is 17.5 Å². The Bertz CT molecular complexity index is 437. The van der Waals surface area contributed by atoms with Crippen molar-refractivity contribution in [2.45, 2.75) is 6.92 Å². The van der Waals surface area contributed by atoms with Gasteiger partial charge in [0.1, 0.15) is 5.15 Å². The van der Waals surface area contributed by atoms with Crippen molar-refractivity contribution in [3.05, 3.63) is 27.5 Å². The second-order valence-corrected chi connectivity index (χ2v) is 3.88. The Morgan fingerprint density at radius 3 is 3.13 bits per heavy atom. The molecule has 1 rings (SSSR count). The number of hydrogen-bond donors (Lipinski definition) is 1. The molecule has 0 aromatic carbocycles. The molecule has 1 heterocycles. The minimum atomic E-state index is -0.281. The summed E-state index contributed by atoms with van der Waals surface area (Å²) >= 11 is 8.99. The van der Waals surface area contributed by atoms with Gasteiger partial charge in [-0.3, -0.25) is 4.79 Å². The van der Waals surface area contributed by atoms with Gasteiger partial charge < -0.3 is 5.32 Å². The lowest BCUT2D eigenvalue weighted by Crippen LogP contribution is -2.24. The average molecular weight is 288 g/mol. The first-order chi connectivity index (χ1) is 7.15. The van der Waals surface area contributed by atoms with Crippen molar-refractivity contribution in [1.29, 1.82) is 0 Å². The fraction of sp³-hybridized carbons (Fsp3) is 0.200. The number of carbonyl (C=O) groups excluding carboxylic acids is 1. The van der Waals surface area contributed by atoms with E-state index >= 15 is 0 Å². The standard InChI is InChI=1S/C10H8BrClN2O/c1-2-3-4-13-10(15)8-5-7(11)6-14-9(8)12/h5-6H,4H2,1H3,(H,13,15). The van der Waals surface area contributed by atoms with E-state index in [2.05, 4.69) is 38.1 Å². The Morgan fingerprint density at radius 1 is 1.73 bits per heavy atom. The number of halogens is 2. The van der Waals surface area contributed by atoms with Gasteiger partial charge in [0.05, 0.1) is 12.1 Å². The molecular formula is C10H8BrClN2O. The van der Waals surface area contributed by atoms with Gasteiger partial charge in [0, 0.05) is 10.7 Å². The third-order valence-corrected chi connectivity index (χ3v) is 2.30. The summed E-state index contributed by atoms with van der Waals surface area (Å²) in [7, 11) is 0. The van der Waals surface area contributed by atoms with Gasteiger partial charge in [-0.25, -0.2) is 4.98 Å². The van der Waals surface area contributed by atoms with Crippen LogP contribution >= 0.6 is 27.5 Å². The van der Waals surface area contributed by atoms with E-state index in [0.29, 0.717) is 16.6 Å². The second kappa shape index (κ2) is 5.74. The van der Waals surface area contributed by atoms with E-state index in [9.17, 15) is 4.79 Å². The molecule has 0 aliphatic rings. The lowest BCUT2D eigenvalue weighted by Gasteiger charge is -2.03. The normalized spacial score (nSPS) is 9.00. The molecule has 0 fully saturated rings. The van der Waals surface area contributed by atoms with Crippen molar-refractivity contribution < 1.29 is 4.79 Å². The Balaban J connectivity index is 2.80. The number of nitrogens with one attached hydrogen (secondary N) is 1. The van der Waals surface area contributed by atoms with Gasteiger partial charge in [0.15, 0.2) is 0 Å². The topological polar surface area (TPSA) is 42.0 Å². The van der Waals surface area contributed by atoms with Crippen LogP contribution in [0, 0.1) is 11.8 Å². The number of pyridine rings is 1. The van der Waals surface area contributed by atoms with Gasteiger partial charge in [-0.2, -0.15) is 0 Å². The summed E-state index contributed by atoms with van der Waals surface area (Å²) in [6.07, 6.45) is 1.53. The van der Waals surface area contributed by atoms with E-state index in [1.165, 1.54) is 6.20 Å². The van der Waals surface area contributed by atoms with Crippen LogP contribution in [0.25, 0.3) is 0 Å². The summed E-state index contributed by atoms with van der Waals surface area (Å²) in [5, 5.41) is 2.79. The van der Waals surface area contributed by atoms with Crippen molar-refractivity contribution in [1.82, 2.24) is 10.3 Å². The first kappa shape index (κ1) is 12.0. The summed E-state index contributed by atoms with van der Waals surface area (Å²) in [5.41, 5.74) is 0.337. The highest BCUT2D eigenvalue weighted by Crippen LogP contribution is 2.17. The van der Waals surface area contributed by atoms with Crippen LogP contribution in [-0.4, -0.2) is 17.4 Å². The lowest BCUT2D eigenvalue weighted by molar-refractivity contribution is 0.0958. The van der Waals surface area contributed by atoms with Crippen molar-refractivity contribution in [2.75, 3.05) is 6.54 Å². The maximum Gasteiger partial charge on any atom is 0.255 e. The van der Waals surface area contributed by atoms with Gasteiger partial charge in [-0.05, 0) is 28.9 Å². The van der Waals surface area contributed by atoms with Crippen LogP contribution in [0.2, 0.25) is 5.15 Å². The first-order valence-corrected chi connectivity index (χ1v) is 5.31. The number of hydrogen-bond acceptors (Lipinski definition) is 2. The van der Waals surface area contributed by atoms with Crippen LogP contribution < -0.4 is 5.32 Å². The largest absolute Gasteiger partial charge is 0.341 e. The zero-order valence-electron chi connectivity index (χ0n) is 7.97. The summed E-state index contributed by atoms with van der Waals surface area (Å²) in [4.78, 5) is 15.4. The number of nitrogens with zero attached hydrogens (tertiary/aromatic N) is 1. The van der Waals surface area contributed by atoms with E-state index in [-0.39, 0.29) is 11.1 Å². The lowest BCUT2D eigenvalue weighted by atomic mass is 10.2. The molecule has 1 amide bonds. The van der Waals surface area contributed by atoms with Crippen LogP contribution in [0.4, 0.5) is 0 Å². The molecule has 15 heavy (non-hydrogen) atoms. The molecule has 0 unspecified atom stereocenters. The molecule has 0 saturated heterocycles. The van der Waals surface area contributed by atoms with E-state index in [4.69, 9.17) is 11.6 Å². The van der Waals surface area contributed by atoms with Crippen molar-refractivity contribution in [3.8, 4) is 11.8 Å². The fourth-order valence-electron chi connectivity index (χ4n) is 0.890. The van der Waals surface area contributed by atoms with E-state index in [1.807, 2.05) is 0 Å². The SMILES string of the molecule is CC#CCNC(=O)c1cc(Br)cnc1Cl. The molecule has 0 aliphatic heterocycles. The van der Waals surface area contributed by atoms with Crippen molar-refractivity contribution in [3.63, 3.8) is 0 Å². The van der Waals surface area contributed by atoms with Gasteiger partial charge in [0.2, 0.25) is 0 Å². The minimum absolute atomic E-state index is 0.181. The molecule has 0 atom stereocenters. The molecule has 0 spiro atoms. The quantitative estimate of drug-likeness (QED) is 0.669. The molecule has 3 nitrogen and oxygen atoms in total. The molecule has 0 aliphatic carbocycles. The summed E-state index contributed by atoms with van der Waals surface area (Å²) in [5.74, 6) is 5.12. The van der Waals surface area contributed by atoms with Crippen molar-refractivity contribution >= 4 is 33.4 Å². The second-order valence-electron chi connectivity index (χ2n) is 2.60. The monoisotopic (exact) mass is 286 g/mol. The molecule has 78 valence electrons. The Kier molecular flexibility index (Phi) is 4.60. The third kappa shape index (κ3) is 3.54. The molecule has 0 bridgehead atoms. The Morgan fingerprint density at radius 2 is 2.47 bits per heavy atom. The third-order valence-electron chi connectivity index (χ3n) is 1.56. The first-order valence-electron chi connectivity index (χ1n) is 4.14. The zero-order chi connectivity index (χ0) is 11.3. The van der Waals surface area contributed by atoms with Gasteiger partial charge >= 0.3 is 0 Å².